The molecule has 8 heterocycles. The SMILES string of the molecule is CC(C)(C)C(=O)CCl.COc1ccc2c(C(=O)c3ccc(Cl)nc3)n[nH]c2c1.COc1ccc2c(C(=O)c3ccc(Cl)nc3)nn(CC(=O)C(C)(C)C)c2c1.COc1ccc2c(C(=O)c3ccc(OCCCO)nc3)nn(CC(=O)C(C)(C)C)c2c1.COc1ccc2c(C=O)nn(P)c2c1.Clc1cc[c-]cn1.O=CO[O-].OCCCO.[Cs+].[Cs+].[H-].[H-].[I-].[Mg+2].[Na+]. The van der Waals surface area contributed by atoms with E-state index < -0.39 is 10.8 Å². The number of carbonyl (C=O) groups is 8. The number of H-pyrrole nitrogens is 1. The van der Waals surface area contributed by atoms with E-state index in [1.54, 1.807) is 145 Å². The smallest absolute Gasteiger partial charge is 1.00 e. The average molecular weight is 2130 g/mol. The molecule has 1 unspecified atom stereocenters. The monoisotopic (exact) mass is 2130 g/mol. The first-order valence-corrected chi connectivity index (χ1v) is 37.3. The van der Waals surface area contributed by atoms with Crippen molar-refractivity contribution in [2.75, 3.05) is 60.7 Å². The molecular weight excluding hydrogens is 2040 g/mol. The molecule has 40 heteroatoms. The number of aromatic nitrogens is 12. The van der Waals surface area contributed by atoms with Crippen molar-refractivity contribution in [1.29, 1.82) is 0 Å². The van der Waals surface area contributed by atoms with Gasteiger partial charge in [-0.3, -0.25) is 57.8 Å². The number of nitrogens with one attached hydrogen (secondary N) is 1. The van der Waals surface area contributed by atoms with Crippen LogP contribution in [-0.4, -0.2) is 206 Å². The molecule has 8 aromatic heterocycles. The molecular formula is C81H91Cl4Cs2IMgN12NaO18P. The number of halogens is 5. The van der Waals surface area contributed by atoms with E-state index in [1.165, 1.54) is 24.8 Å². The molecule has 0 aliphatic heterocycles. The maximum Gasteiger partial charge on any atom is 2.00 e. The number of hydrogen-bond acceptors (Lipinski definition) is 26. The van der Waals surface area contributed by atoms with Crippen LogP contribution in [0.15, 0.2) is 146 Å². The van der Waals surface area contributed by atoms with Crippen molar-refractivity contribution < 1.29 is 282 Å². The summed E-state index contributed by atoms with van der Waals surface area (Å²) in [4.78, 5) is 112. The number of aliphatic hydroxyl groups is 3. The number of methoxy groups -OCH3 is 4. The number of ether oxygens (including phenoxy) is 5. The zero-order chi connectivity index (χ0) is 86.0. The van der Waals surface area contributed by atoms with E-state index >= 15 is 0 Å². The van der Waals surface area contributed by atoms with Crippen LogP contribution in [0, 0.1) is 22.3 Å². The van der Waals surface area contributed by atoms with Crippen LogP contribution < -0.4 is 220 Å². The van der Waals surface area contributed by atoms with Gasteiger partial charge >= 0.3 is 190 Å². The number of ketones is 6. The summed E-state index contributed by atoms with van der Waals surface area (Å²) in [6, 6.07) is 37.2. The topological polar surface area (TPSA) is 409 Å². The fraction of sp³-hybridized carbons (Fsp3) is 0.309. The number of Topliss-reactive ketones (excluding diaryl/α,β-unsaturated/α-hetero) is 3. The van der Waals surface area contributed by atoms with Crippen molar-refractivity contribution in [2.45, 2.75) is 88.2 Å². The second-order valence-electron chi connectivity index (χ2n) is 27.4. The van der Waals surface area contributed by atoms with E-state index in [9.17, 15) is 33.6 Å². The molecule has 30 nitrogen and oxygen atoms in total. The molecule has 121 heavy (non-hydrogen) atoms. The number of fused-ring (bicyclic) bond motifs is 4. The Hall–Kier alpha value is -4.45. The number of aromatic amines is 1. The van der Waals surface area contributed by atoms with Crippen LogP contribution in [0.3, 0.4) is 0 Å². The fourth-order valence-electron chi connectivity index (χ4n) is 9.38. The Morgan fingerprint density at radius 1 is 0.537 bits per heavy atom. The number of benzene rings is 4. The average Bonchev–Trinajstić information content (AvgIpc) is 1.63. The van der Waals surface area contributed by atoms with Gasteiger partial charge in [0, 0.05) is 135 Å². The first kappa shape index (κ1) is 117. The molecule has 0 amide bonds. The van der Waals surface area contributed by atoms with E-state index in [0.29, 0.717) is 108 Å². The second-order valence-corrected chi connectivity index (χ2v) is 29.3. The van der Waals surface area contributed by atoms with E-state index in [-0.39, 0.29) is 314 Å². The van der Waals surface area contributed by atoms with Crippen LogP contribution in [0.5, 0.6) is 28.9 Å². The fourth-order valence-corrected chi connectivity index (χ4v) is 10.5. The van der Waals surface area contributed by atoms with Crippen LogP contribution in [0.1, 0.15) is 137 Å². The van der Waals surface area contributed by atoms with E-state index in [0.717, 1.165) is 33.8 Å². The van der Waals surface area contributed by atoms with Crippen LogP contribution >= 0.6 is 55.8 Å². The number of nitrogens with zero attached hydrogens (tertiary/aromatic N) is 11. The summed E-state index contributed by atoms with van der Waals surface area (Å²) in [6.45, 7) is 17.2. The molecule has 1 atom stereocenters. The number of aliphatic hydroxyl groups excluding tert-OH is 3. The van der Waals surface area contributed by atoms with Gasteiger partial charge < -0.3 is 76.0 Å². The summed E-state index contributed by atoms with van der Waals surface area (Å²) < 4.78 is 30.9. The molecule has 0 saturated heterocycles. The Kier molecular flexibility index (Phi) is 56.7. The predicted molar refractivity (Wildman–Crippen MR) is 448 cm³/mol. The number of carbonyl (C=O) groups excluding carboxylic acids is 8. The summed E-state index contributed by atoms with van der Waals surface area (Å²) in [5, 5.41) is 57.0. The molecule has 0 radical (unpaired) electrons. The molecule has 0 aliphatic carbocycles. The van der Waals surface area contributed by atoms with Crippen LogP contribution in [-0.2, 0) is 37.2 Å². The minimum atomic E-state index is -0.531. The van der Waals surface area contributed by atoms with Gasteiger partial charge in [-0.2, -0.15) is 26.5 Å². The van der Waals surface area contributed by atoms with Gasteiger partial charge in [0.25, 0.3) is 6.47 Å². The van der Waals surface area contributed by atoms with Crippen molar-refractivity contribution in [2.24, 2.45) is 16.2 Å². The molecule has 4 N–H and O–H groups in total. The van der Waals surface area contributed by atoms with E-state index in [1.807, 2.05) is 80.5 Å². The number of rotatable bonds is 23. The Morgan fingerprint density at radius 3 is 1.26 bits per heavy atom. The van der Waals surface area contributed by atoms with Crippen molar-refractivity contribution in [3.8, 4) is 28.9 Å². The van der Waals surface area contributed by atoms with Gasteiger partial charge in [0.2, 0.25) is 23.2 Å². The van der Waals surface area contributed by atoms with Crippen LogP contribution in [0.2, 0.25) is 15.5 Å². The van der Waals surface area contributed by atoms with Crippen molar-refractivity contribution in [3.63, 3.8) is 0 Å². The summed E-state index contributed by atoms with van der Waals surface area (Å²) in [5.74, 6) is 2.52. The summed E-state index contributed by atoms with van der Waals surface area (Å²) in [6.07, 6.45) is 7.57. The molecule has 12 aromatic rings. The van der Waals surface area contributed by atoms with Crippen molar-refractivity contribution in [1.82, 2.24) is 59.2 Å². The maximum absolute atomic E-state index is 13.2. The standard InChI is InChI=1S/C23H27N3O5.C20H20ClN3O3.C14H10ClN3O2.C9H9N2O2P.C6H11ClO.C5H3ClN.C3H8O2.CH2O3.2Cs.HI.Mg.Na.2H/c1-23(2,3)19(28)14-26-18-12-16(30-4)7-8-17(18)21(25-26)22(29)15-6-9-20(24-13-15)31-11-5-10-27;1-20(2,3)16(25)11-24-15-9-13(27-4)6-7-14(15)18(23-24)19(26)12-5-8-17(21)22-10-12;1-20-9-3-4-10-11(6-9)17-18-13(10)14(19)8-2-5-12(15)16-7-8;1-13-6-2-3-7-8(5-12)10-11(14)9(7)4-6;1-6(2,3)5(8)4-7;6-5-3-1-2-4-7-5;4-2-1-3-5;2-1-4-3;;;;;;;/h6-9,12-13,27H,5,10-11,14H2,1-4H3;5-10H,11H2,1-4H3;2-7H,1H3,(H,17,18);2-5H,14H2,1H3;4H2,1-3H3;1,3-4H;4-5H,1-3H2;1,3H;;;1H;;;;/q;;;;;-1;;;2*+1;;+2;+1;2*-1/p-2. The molecule has 4 aromatic carbocycles. The molecule has 0 saturated carbocycles. The number of alkyl halides is 1. The first-order valence-electron chi connectivity index (χ1n) is 35.1. The van der Waals surface area contributed by atoms with Crippen molar-refractivity contribution >= 4 is 170 Å². The Labute approximate surface area is 898 Å². The van der Waals surface area contributed by atoms with Crippen LogP contribution in [0.4, 0.5) is 0 Å². The van der Waals surface area contributed by atoms with Gasteiger partial charge in [-0.1, -0.05) is 103 Å². The third kappa shape index (κ3) is 37.0. The second kappa shape index (κ2) is 58.8. The molecule has 628 valence electrons. The first-order chi connectivity index (χ1) is 55.1. The molecule has 12 rings (SSSR count). The van der Waals surface area contributed by atoms with Crippen LogP contribution in [0.25, 0.3) is 43.6 Å². The minimum Gasteiger partial charge on any atom is -1.00 e. The molecule has 0 spiro atoms. The van der Waals surface area contributed by atoms with Gasteiger partial charge in [0.1, 0.15) is 69.2 Å². The largest absolute Gasteiger partial charge is 2.00 e. The Balaban J connectivity index is -0.00000143. The maximum atomic E-state index is 13.2. The Bertz CT molecular complexity index is 5290. The quantitative estimate of drug-likeness (QED) is 0.00574. The zero-order valence-corrected chi connectivity index (χ0v) is 92.2. The summed E-state index contributed by atoms with van der Waals surface area (Å²) >= 11 is 22.2. The predicted octanol–water partition coefficient (Wildman–Crippen LogP) is 0.365. The van der Waals surface area contributed by atoms with E-state index in [2.05, 4.69) is 65.8 Å². The van der Waals surface area contributed by atoms with E-state index in [4.69, 9.17) is 95.5 Å². The number of hydrogen-bond donors (Lipinski definition) is 4. The minimum absolute atomic E-state index is 0. The molecule has 0 fully saturated rings. The van der Waals surface area contributed by atoms with Gasteiger partial charge in [-0.25, -0.2) is 31.5 Å². The Morgan fingerprint density at radius 2 is 0.934 bits per heavy atom. The van der Waals surface area contributed by atoms with Gasteiger partial charge in [-0.15, -0.1) is 11.6 Å². The third-order valence-corrected chi connectivity index (χ3v) is 17.4. The van der Waals surface area contributed by atoms with Crippen molar-refractivity contribution in [3.05, 3.63) is 207 Å². The number of pyridine rings is 4. The zero-order valence-electron chi connectivity index (χ0n) is 71.9. The third-order valence-electron chi connectivity index (χ3n) is 16.1. The number of aldehydes is 1. The summed E-state index contributed by atoms with van der Waals surface area (Å²) in [7, 11) is 8.74. The summed E-state index contributed by atoms with van der Waals surface area (Å²) in [5.41, 5.74) is 4.10. The van der Waals surface area contributed by atoms with Gasteiger partial charge in [-0.05, 0) is 94.7 Å². The van der Waals surface area contributed by atoms with Gasteiger partial charge in [0.05, 0.1) is 63.0 Å². The normalized spacial score (nSPS) is 10.3. The molecule has 0 bridgehead atoms. The molecule has 0 aliphatic rings. The van der Waals surface area contributed by atoms with Gasteiger partial charge in [0.15, 0.2) is 23.6 Å².